The number of aryl methyl sites for hydroxylation is 1. The lowest BCUT2D eigenvalue weighted by Gasteiger charge is -2.21. The zero-order valence-corrected chi connectivity index (χ0v) is 19.3. The molecule has 0 aliphatic heterocycles. The number of halogens is 1. The van der Waals surface area contributed by atoms with E-state index in [0.29, 0.717) is 12.8 Å². The number of amides is 1. The highest BCUT2D eigenvalue weighted by atomic mass is 35.5. The fourth-order valence-electron chi connectivity index (χ4n) is 4.13. The van der Waals surface area contributed by atoms with Crippen molar-refractivity contribution in [3.8, 4) is 6.07 Å². The summed E-state index contributed by atoms with van der Waals surface area (Å²) in [5.74, 6) is -0.983. The molecule has 0 aromatic heterocycles. The van der Waals surface area contributed by atoms with E-state index in [2.05, 4.69) is 11.4 Å². The lowest BCUT2D eigenvalue weighted by molar-refractivity contribution is -0.130. The Balaban J connectivity index is 1.55. The number of nitrogens with one attached hydrogen (secondary N) is 1. The van der Waals surface area contributed by atoms with E-state index < -0.39 is 32.6 Å². The quantitative estimate of drug-likeness (QED) is 0.658. The van der Waals surface area contributed by atoms with E-state index in [0.717, 1.165) is 11.1 Å². The fraction of sp³-hybridized carbons (Fsp3) is 0.417. The molecule has 0 heterocycles. The van der Waals surface area contributed by atoms with Crippen molar-refractivity contribution < 1.29 is 17.9 Å². The van der Waals surface area contributed by atoms with Crippen molar-refractivity contribution in [1.82, 2.24) is 5.32 Å². The Labute approximate surface area is 193 Å². The molecule has 32 heavy (non-hydrogen) atoms. The average molecular weight is 473 g/mol. The van der Waals surface area contributed by atoms with Gasteiger partial charge in [-0.3, -0.25) is 4.79 Å². The molecule has 0 unspecified atom stereocenters. The lowest BCUT2D eigenvalue weighted by Crippen LogP contribution is -2.42. The maximum absolute atomic E-state index is 13.3. The summed E-state index contributed by atoms with van der Waals surface area (Å²) in [6.45, 7) is 2.27. The van der Waals surface area contributed by atoms with Crippen molar-refractivity contribution in [2.24, 2.45) is 5.92 Å². The highest BCUT2D eigenvalue weighted by Crippen LogP contribution is 2.40. The summed E-state index contributed by atoms with van der Waals surface area (Å²) in [5.41, 5.74) is 1.25. The van der Waals surface area contributed by atoms with E-state index in [1.54, 1.807) is 18.2 Å². The Morgan fingerprint density at radius 1 is 1.19 bits per heavy atom. The number of rotatable bonds is 7. The summed E-state index contributed by atoms with van der Waals surface area (Å²) in [4.78, 5) is 13.1. The third kappa shape index (κ3) is 4.68. The van der Waals surface area contributed by atoms with Crippen LogP contribution < -0.4 is 5.32 Å². The Bertz CT molecular complexity index is 1150. The molecule has 0 bridgehead atoms. The molecule has 2 saturated carbocycles. The van der Waals surface area contributed by atoms with Gasteiger partial charge in [-0.25, -0.2) is 8.42 Å². The number of sulfone groups is 1. The highest BCUT2D eigenvalue weighted by molar-refractivity contribution is 7.92. The second-order valence-electron chi connectivity index (χ2n) is 8.69. The summed E-state index contributed by atoms with van der Waals surface area (Å²) in [7, 11) is -3.75. The van der Waals surface area contributed by atoms with Gasteiger partial charge in [0.15, 0.2) is 9.84 Å². The SMILES string of the molecule is Cc1ccc(CO[C@H]2C[C@@H](S(=O)(=O)c3ccccc3Cl)C[C@@H]2C(=O)NC2(C#N)CC2)cc1. The Morgan fingerprint density at radius 2 is 1.88 bits per heavy atom. The van der Waals surface area contributed by atoms with E-state index in [1.807, 2.05) is 31.2 Å². The second kappa shape index (κ2) is 8.86. The smallest absolute Gasteiger partial charge is 0.227 e. The van der Waals surface area contributed by atoms with E-state index in [9.17, 15) is 18.5 Å². The lowest BCUT2D eigenvalue weighted by atomic mass is 10.0. The van der Waals surface area contributed by atoms with Gasteiger partial charge >= 0.3 is 0 Å². The molecule has 0 radical (unpaired) electrons. The Hall–Kier alpha value is -2.40. The molecule has 1 amide bonds. The van der Waals surface area contributed by atoms with Gasteiger partial charge in [-0.2, -0.15) is 5.26 Å². The van der Waals surface area contributed by atoms with Crippen LogP contribution in [0.15, 0.2) is 53.4 Å². The standard InChI is InChI=1S/C24H25ClN2O4S/c1-16-6-8-17(9-7-16)14-31-21-13-18(32(29,30)22-5-3-2-4-20(22)25)12-19(21)23(28)27-24(15-26)10-11-24/h2-9,18-19,21H,10-14H2,1H3,(H,27,28)/t18-,19-,21-/m0/s1. The van der Waals surface area contributed by atoms with Gasteiger partial charge in [-0.05, 0) is 50.3 Å². The molecule has 2 aromatic rings. The van der Waals surface area contributed by atoms with Crippen molar-refractivity contribution >= 4 is 27.3 Å². The van der Waals surface area contributed by atoms with Gasteiger partial charge in [-0.1, -0.05) is 53.6 Å². The van der Waals surface area contributed by atoms with Crippen LogP contribution in [-0.2, 0) is 26.0 Å². The summed E-state index contributed by atoms with van der Waals surface area (Å²) in [5, 5.41) is 11.5. The number of hydrogen-bond acceptors (Lipinski definition) is 5. The minimum atomic E-state index is -3.75. The van der Waals surface area contributed by atoms with Gasteiger partial charge in [0, 0.05) is 0 Å². The summed E-state index contributed by atoms with van der Waals surface area (Å²) in [6.07, 6.45) is 0.959. The van der Waals surface area contributed by atoms with E-state index in [4.69, 9.17) is 16.3 Å². The maximum Gasteiger partial charge on any atom is 0.227 e. The van der Waals surface area contributed by atoms with Crippen molar-refractivity contribution in [2.75, 3.05) is 0 Å². The molecular weight excluding hydrogens is 448 g/mol. The van der Waals surface area contributed by atoms with E-state index >= 15 is 0 Å². The first-order valence-corrected chi connectivity index (χ1v) is 12.6. The molecule has 0 spiro atoms. The number of nitriles is 1. The van der Waals surface area contributed by atoms with Crippen LogP contribution in [0, 0.1) is 24.2 Å². The van der Waals surface area contributed by atoms with Crippen LogP contribution in [0.1, 0.15) is 36.8 Å². The summed E-state index contributed by atoms with van der Waals surface area (Å²) >= 11 is 6.16. The van der Waals surface area contributed by atoms with E-state index in [1.165, 1.54) is 6.07 Å². The van der Waals surface area contributed by atoms with Crippen molar-refractivity contribution in [3.05, 3.63) is 64.7 Å². The van der Waals surface area contributed by atoms with Gasteiger partial charge in [0.05, 0.1) is 39.9 Å². The highest BCUT2D eigenvalue weighted by Gasteiger charge is 2.50. The van der Waals surface area contributed by atoms with Crippen molar-refractivity contribution in [3.63, 3.8) is 0 Å². The van der Waals surface area contributed by atoms with E-state index in [-0.39, 0.29) is 35.3 Å². The van der Waals surface area contributed by atoms with Crippen molar-refractivity contribution in [2.45, 2.75) is 61.0 Å². The molecule has 8 heteroatoms. The van der Waals surface area contributed by atoms with Gasteiger partial charge in [0.25, 0.3) is 0 Å². The fourth-order valence-corrected chi connectivity index (χ4v) is 6.46. The molecule has 4 rings (SSSR count). The maximum atomic E-state index is 13.3. The number of carbonyl (C=O) groups is 1. The summed E-state index contributed by atoms with van der Waals surface area (Å²) < 4.78 is 32.7. The monoisotopic (exact) mass is 472 g/mol. The molecular formula is C24H25ClN2O4S. The predicted octanol–water partition coefficient (Wildman–Crippen LogP) is 3.96. The number of nitrogens with zero attached hydrogens (tertiary/aromatic N) is 1. The van der Waals surface area contributed by atoms with Gasteiger partial charge in [-0.15, -0.1) is 0 Å². The normalized spacial score (nSPS) is 24.0. The van der Waals surface area contributed by atoms with Crippen LogP contribution in [0.5, 0.6) is 0 Å². The minimum absolute atomic E-state index is 0.0701. The Kier molecular flexibility index (Phi) is 6.30. The molecule has 2 aliphatic carbocycles. The first-order chi connectivity index (χ1) is 15.2. The molecule has 168 valence electrons. The molecule has 6 nitrogen and oxygen atoms in total. The summed E-state index contributed by atoms with van der Waals surface area (Å²) in [6, 6.07) is 16.4. The number of carbonyl (C=O) groups excluding carboxylic acids is 1. The van der Waals surface area contributed by atoms with Crippen LogP contribution >= 0.6 is 11.6 Å². The van der Waals surface area contributed by atoms with Crippen LogP contribution in [0.4, 0.5) is 0 Å². The topological polar surface area (TPSA) is 96.3 Å². The third-order valence-corrected chi connectivity index (χ3v) is 8.96. The zero-order valence-electron chi connectivity index (χ0n) is 17.8. The van der Waals surface area contributed by atoms with Crippen LogP contribution in [0.3, 0.4) is 0 Å². The minimum Gasteiger partial charge on any atom is -0.373 e. The molecule has 2 fully saturated rings. The molecule has 2 aliphatic rings. The number of ether oxygens (including phenoxy) is 1. The Morgan fingerprint density at radius 3 is 2.50 bits per heavy atom. The van der Waals surface area contributed by atoms with Crippen molar-refractivity contribution in [1.29, 1.82) is 5.26 Å². The predicted molar refractivity (Wildman–Crippen MR) is 121 cm³/mol. The number of benzene rings is 2. The van der Waals surface area contributed by atoms with Crippen LogP contribution in [0.2, 0.25) is 5.02 Å². The van der Waals surface area contributed by atoms with Gasteiger partial charge in [0.2, 0.25) is 5.91 Å². The van der Waals surface area contributed by atoms with Crippen LogP contribution in [0.25, 0.3) is 0 Å². The number of hydrogen-bond donors (Lipinski definition) is 1. The first-order valence-electron chi connectivity index (χ1n) is 10.6. The molecule has 3 atom stereocenters. The average Bonchev–Trinajstić information content (AvgIpc) is 3.40. The molecule has 1 N–H and O–H groups in total. The molecule has 2 aromatic carbocycles. The first kappa shape index (κ1) is 22.8. The second-order valence-corrected chi connectivity index (χ2v) is 11.3. The van der Waals surface area contributed by atoms with Gasteiger partial charge in [0.1, 0.15) is 5.54 Å². The zero-order chi connectivity index (χ0) is 22.9. The largest absolute Gasteiger partial charge is 0.373 e. The van der Waals surface area contributed by atoms with Crippen LogP contribution in [-0.4, -0.2) is 31.2 Å². The third-order valence-electron chi connectivity index (χ3n) is 6.29. The molecule has 0 saturated heterocycles. The van der Waals surface area contributed by atoms with Gasteiger partial charge < -0.3 is 10.1 Å².